The van der Waals surface area contributed by atoms with Crippen LogP contribution in [-0.4, -0.2) is 38.0 Å². The molecule has 1 N–H and O–H groups in total. The van der Waals surface area contributed by atoms with Crippen molar-refractivity contribution in [2.75, 3.05) is 6.61 Å². The maximum absolute atomic E-state index is 9.67. The molecule has 4 nitrogen and oxygen atoms in total. The summed E-state index contributed by atoms with van der Waals surface area (Å²) in [5, 5.41) is 14.1. The molecule has 0 radical (unpaired) electrons. The smallest absolute Gasteiger partial charge is 0.192 e. The van der Waals surface area contributed by atoms with Crippen LogP contribution in [0.15, 0.2) is 5.16 Å². The SMILES string of the molecule is C[C@H](O)[C@H]1ON=C([C@@H](C)CO[Si](C)(C)C(C)(C)C)[C@@H]1C. The zero-order valence-electron chi connectivity index (χ0n) is 14.2. The molecule has 118 valence electrons. The molecule has 0 aliphatic carbocycles. The van der Waals surface area contributed by atoms with E-state index in [1.807, 2.05) is 0 Å². The van der Waals surface area contributed by atoms with Crippen LogP contribution in [0.3, 0.4) is 0 Å². The zero-order valence-corrected chi connectivity index (χ0v) is 15.2. The molecular formula is C15H31NO3Si. The average Bonchev–Trinajstić information content (AvgIpc) is 2.66. The molecule has 0 aromatic rings. The second kappa shape index (κ2) is 6.16. The molecule has 0 spiro atoms. The summed E-state index contributed by atoms with van der Waals surface area (Å²) in [6, 6.07) is 0. The Morgan fingerprint density at radius 3 is 2.30 bits per heavy atom. The van der Waals surface area contributed by atoms with Gasteiger partial charge in [0.15, 0.2) is 14.4 Å². The van der Waals surface area contributed by atoms with E-state index in [0.29, 0.717) is 6.61 Å². The summed E-state index contributed by atoms with van der Waals surface area (Å²) in [7, 11) is -1.72. The van der Waals surface area contributed by atoms with Gasteiger partial charge >= 0.3 is 0 Å². The Hall–Kier alpha value is -0.393. The van der Waals surface area contributed by atoms with Crippen LogP contribution >= 0.6 is 0 Å². The Labute approximate surface area is 124 Å². The van der Waals surface area contributed by atoms with Crippen molar-refractivity contribution in [2.45, 2.75) is 71.9 Å². The third kappa shape index (κ3) is 3.83. The molecule has 0 aromatic heterocycles. The van der Waals surface area contributed by atoms with E-state index >= 15 is 0 Å². The highest BCUT2D eigenvalue weighted by Gasteiger charge is 2.40. The highest BCUT2D eigenvalue weighted by atomic mass is 28.4. The van der Waals surface area contributed by atoms with E-state index in [0.717, 1.165) is 5.71 Å². The molecule has 0 bridgehead atoms. The lowest BCUT2D eigenvalue weighted by molar-refractivity contribution is -0.0242. The van der Waals surface area contributed by atoms with Gasteiger partial charge in [-0.3, -0.25) is 0 Å². The largest absolute Gasteiger partial charge is 0.416 e. The monoisotopic (exact) mass is 301 g/mol. The van der Waals surface area contributed by atoms with Gasteiger partial charge in [0, 0.05) is 18.4 Å². The van der Waals surface area contributed by atoms with Crippen molar-refractivity contribution >= 4 is 14.0 Å². The van der Waals surface area contributed by atoms with Gasteiger partial charge in [-0.1, -0.05) is 39.8 Å². The van der Waals surface area contributed by atoms with Crippen LogP contribution in [0, 0.1) is 11.8 Å². The molecule has 1 aliphatic heterocycles. The van der Waals surface area contributed by atoms with Crippen molar-refractivity contribution < 1.29 is 14.4 Å². The summed E-state index contributed by atoms with van der Waals surface area (Å²) in [6.07, 6.45) is -0.722. The minimum atomic E-state index is -1.72. The molecule has 5 heteroatoms. The van der Waals surface area contributed by atoms with Gasteiger partial charge in [-0.05, 0) is 25.1 Å². The van der Waals surface area contributed by atoms with E-state index in [1.165, 1.54) is 0 Å². The first-order valence-electron chi connectivity index (χ1n) is 7.53. The van der Waals surface area contributed by atoms with Crippen molar-refractivity contribution in [2.24, 2.45) is 17.0 Å². The van der Waals surface area contributed by atoms with E-state index in [1.54, 1.807) is 6.92 Å². The number of aliphatic hydroxyl groups excluding tert-OH is 1. The highest BCUT2D eigenvalue weighted by molar-refractivity contribution is 6.74. The van der Waals surface area contributed by atoms with Gasteiger partial charge in [0.05, 0.1) is 11.8 Å². The van der Waals surface area contributed by atoms with E-state index in [2.05, 4.69) is 52.9 Å². The first-order valence-corrected chi connectivity index (χ1v) is 10.4. The lowest BCUT2D eigenvalue weighted by Gasteiger charge is -2.37. The Kier molecular flexibility index (Phi) is 5.44. The molecule has 0 saturated heterocycles. The number of aliphatic hydroxyl groups is 1. The molecular weight excluding hydrogens is 270 g/mol. The Morgan fingerprint density at radius 2 is 1.90 bits per heavy atom. The predicted octanol–water partition coefficient (Wildman–Crippen LogP) is 3.42. The molecule has 0 amide bonds. The number of nitrogens with zero attached hydrogens (tertiary/aromatic N) is 1. The Bertz CT molecular complexity index is 361. The second-order valence-electron chi connectivity index (χ2n) is 7.59. The standard InChI is InChI=1S/C15H31NO3Si/c1-10(9-18-20(7,8)15(4,5)6)13-11(2)14(12(3)17)19-16-13/h10-12,14,17H,9H2,1-8H3/t10-,11-,12-,14-/m0/s1. The van der Waals surface area contributed by atoms with Gasteiger partial charge in [-0.15, -0.1) is 0 Å². The number of oxime groups is 1. The summed E-state index contributed by atoms with van der Waals surface area (Å²) in [5.74, 6) is 0.371. The molecule has 0 fully saturated rings. The van der Waals surface area contributed by atoms with Crippen LogP contribution in [-0.2, 0) is 9.26 Å². The highest BCUT2D eigenvalue weighted by Crippen LogP contribution is 2.37. The lowest BCUT2D eigenvalue weighted by Crippen LogP contribution is -2.43. The van der Waals surface area contributed by atoms with Crippen LogP contribution < -0.4 is 0 Å². The number of rotatable bonds is 5. The van der Waals surface area contributed by atoms with Crippen LogP contribution in [0.5, 0.6) is 0 Å². The minimum Gasteiger partial charge on any atom is -0.416 e. The zero-order chi connectivity index (χ0) is 15.7. The fraction of sp³-hybridized carbons (Fsp3) is 0.933. The Morgan fingerprint density at radius 1 is 1.35 bits per heavy atom. The van der Waals surface area contributed by atoms with Crippen LogP contribution in [0.25, 0.3) is 0 Å². The number of hydrogen-bond acceptors (Lipinski definition) is 4. The number of hydrogen-bond donors (Lipinski definition) is 1. The Balaban J connectivity index is 2.59. The van der Waals surface area contributed by atoms with Gasteiger partial charge in [-0.2, -0.15) is 0 Å². The second-order valence-corrected chi connectivity index (χ2v) is 12.4. The fourth-order valence-electron chi connectivity index (χ4n) is 2.14. The topological polar surface area (TPSA) is 51.0 Å². The molecule has 0 unspecified atom stereocenters. The maximum atomic E-state index is 9.67. The molecule has 0 aromatic carbocycles. The van der Waals surface area contributed by atoms with Gasteiger partial charge in [0.2, 0.25) is 0 Å². The first-order chi connectivity index (χ1) is 8.97. The van der Waals surface area contributed by atoms with Gasteiger partial charge in [0.25, 0.3) is 0 Å². The molecule has 20 heavy (non-hydrogen) atoms. The van der Waals surface area contributed by atoms with E-state index in [-0.39, 0.29) is 23.0 Å². The van der Waals surface area contributed by atoms with Crippen LogP contribution in [0.4, 0.5) is 0 Å². The van der Waals surface area contributed by atoms with Crippen LogP contribution in [0.1, 0.15) is 41.5 Å². The van der Waals surface area contributed by atoms with Crippen molar-refractivity contribution in [1.82, 2.24) is 0 Å². The first kappa shape index (κ1) is 17.7. The van der Waals surface area contributed by atoms with E-state index < -0.39 is 14.4 Å². The fourth-order valence-corrected chi connectivity index (χ4v) is 3.24. The van der Waals surface area contributed by atoms with Crippen molar-refractivity contribution in [3.63, 3.8) is 0 Å². The van der Waals surface area contributed by atoms with Gasteiger partial charge in [0.1, 0.15) is 0 Å². The minimum absolute atomic E-state index is 0.146. The average molecular weight is 302 g/mol. The third-order valence-electron chi connectivity index (χ3n) is 4.72. The normalized spacial score (nSPS) is 26.9. The molecule has 1 rings (SSSR count). The summed E-state index contributed by atoms with van der Waals surface area (Å²) < 4.78 is 6.25. The molecule has 4 atom stereocenters. The molecule has 1 aliphatic rings. The van der Waals surface area contributed by atoms with Gasteiger partial charge in [-0.25, -0.2) is 0 Å². The summed E-state index contributed by atoms with van der Waals surface area (Å²) in [4.78, 5) is 5.35. The predicted molar refractivity (Wildman–Crippen MR) is 85.5 cm³/mol. The maximum Gasteiger partial charge on any atom is 0.192 e. The van der Waals surface area contributed by atoms with Crippen molar-refractivity contribution in [3.8, 4) is 0 Å². The van der Waals surface area contributed by atoms with E-state index in [4.69, 9.17) is 9.26 Å². The van der Waals surface area contributed by atoms with Crippen molar-refractivity contribution in [3.05, 3.63) is 0 Å². The summed E-state index contributed by atoms with van der Waals surface area (Å²) in [5.41, 5.74) is 1.01. The molecule has 0 saturated carbocycles. The van der Waals surface area contributed by atoms with Crippen LogP contribution in [0.2, 0.25) is 18.1 Å². The lowest BCUT2D eigenvalue weighted by atomic mass is 9.89. The third-order valence-corrected chi connectivity index (χ3v) is 9.22. The summed E-state index contributed by atoms with van der Waals surface area (Å²) >= 11 is 0. The summed E-state index contributed by atoms with van der Waals surface area (Å²) in [6.45, 7) is 17.8. The van der Waals surface area contributed by atoms with Gasteiger partial charge < -0.3 is 14.4 Å². The van der Waals surface area contributed by atoms with Crippen molar-refractivity contribution in [1.29, 1.82) is 0 Å². The van der Waals surface area contributed by atoms with E-state index in [9.17, 15) is 5.11 Å². The quantitative estimate of drug-likeness (QED) is 0.792. The molecule has 1 heterocycles.